The second kappa shape index (κ2) is 7.23. The highest BCUT2D eigenvalue weighted by molar-refractivity contribution is 8.00. The van der Waals surface area contributed by atoms with Gasteiger partial charge >= 0.3 is 0 Å². The van der Waals surface area contributed by atoms with E-state index in [-0.39, 0.29) is 11.2 Å². The van der Waals surface area contributed by atoms with Gasteiger partial charge in [-0.25, -0.2) is 0 Å². The minimum absolute atomic E-state index is 0.0229. The number of amides is 1. The van der Waals surface area contributed by atoms with E-state index in [4.69, 9.17) is 17.3 Å². The van der Waals surface area contributed by atoms with Crippen molar-refractivity contribution in [2.45, 2.75) is 37.9 Å². The van der Waals surface area contributed by atoms with Gasteiger partial charge in [0.1, 0.15) is 0 Å². The molecular formula is C15H21ClN2OS. The van der Waals surface area contributed by atoms with E-state index in [1.54, 1.807) is 30.0 Å². The monoisotopic (exact) mass is 312 g/mol. The quantitative estimate of drug-likeness (QED) is 0.802. The van der Waals surface area contributed by atoms with Crippen LogP contribution in [0.5, 0.6) is 0 Å². The number of thioether (sulfide) groups is 1. The molecule has 0 radical (unpaired) electrons. The molecule has 20 heavy (non-hydrogen) atoms. The molecule has 3 nitrogen and oxygen atoms in total. The molecule has 1 aliphatic carbocycles. The first-order valence-electron chi connectivity index (χ1n) is 7.03. The average Bonchev–Trinajstić information content (AvgIpc) is 2.93. The maximum absolute atomic E-state index is 12.1. The molecule has 0 spiro atoms. The number of benzene rings is 1. The van der Waals surface area contributed by atoms with Crippen molar-refractivity contribution in [3.05, 3.63) is 23.2 Å². The summed E-state index contributed by atoms with van der Waals surface area (Å²) >= 11 is 7.60. The summed E-state index contributed by atoms with van der Waals surface area (Å²) in [6, 6.07) is 5.16. The lowest BCUT2D eigenvalue weighted by Gasteiger charge is -2.15. The summed E-state index contributed by atoms with van der Waals surface area (Å²) in [5, 5.41) is 3.34. The third-order valence-corrected chi connectivity index (χ3v) is 5.41. The van der Waals surface area contributed by atoms with Gasteiger partial charge in [0, 0.05) is 5.69 Å². The van der Waals surface area contributed by atoms with Crippen molar-refractivity contribution < 1.29 is 4.79 Å². The van der Waals surface area contributed by atoms with Crippen LogP contribution in [0.2, 0.25) is 5.02 Å². The Morgan fingerprint density at radius 1 is 1.50 bits per heavy atom. The van der Waals surface area contributed by atoms with E-state index >= 15 is 0 Å². The summed E-state index contributed by atoms with van der Waals surface area (Å²) in [6.45, 7) is 1.95. The standard InChI is InChI=1S/C15H21ClN2OS/c1-10(20-9-11-4-2-3-5-11)15(19)18-12-6-7-13(16)14(17)8-12/h6-8,10-11H,2-5,9,17H2,1H3,(H,18,19). The van der Waals surface area contributed by atoms with Gasteiger partial charge in [-0.1, -0.05) is 24.4 Å². The predicted octanol–water partition coefficient (Wildman–Crippen LogP) is 4.17. The smallest absolute Gasteiger partial charge is 0.237 e. The zero-order valence-corrected chi connectivity index (χ0v) is 13.3. The SMILES string of the molecule is CC(SCC1CCCC1)C(=O)Nc1ccc(Cl)c(N)c1. The van der Waals surface area contributed by atoms with Gasteiger partial charge in [0.2, 0.25) is 5.91 Å². The van der Waals surface area contributed by atoms with Crippen LogP contribution in [0.4, 0.5) is 11.4 Å². The van der Waals surface area contributed by atoms with Gasteiger partial charge in [0.25, 0.3) is 0 Å². The predicted molar refractivity (Wildman–Crippen MR) is 88.4 cm³/mol. The summed E-state index contributed by atoms with van der Waals surface area (Å²) in [5.41, 5.74) is 6.91. The number of anilines is 2. The average molecular weight is 313 g/mol. The van der Waals surface area contributed by atoms with Crippen molar-refractivity contribution >= 4 is 40.6 Å². The normalized spacial score (nSPS) is 17.1. The zero-order chi connectivity index (χ0) is 14.5. The summed E-state index contributed by atoms with van der Waals surface area (Å²) < 4.78 is 0. The number of nitrogens with two attached hydrogens (primary N) is 1. The minimum atomic E-state index is -0.0486. The lowest BCUT2D eigenvalue weighted by atomic mass is 10.1. The Bertz CT molecular complexity index is 475. The lowest BCUT2D eigenvalue weighted by molar-refractivity contribution is -0.115. The van der Waals surface area contributed by atoms with Crippen LogP contribution in [0.25, 0.3) is 0 Å². The van der Waals surface area contributed by atoms with Crippen LogP contribution in [-0.4, -0.2) is 16.9 Å². The first-order chi connectivity index (χ1) is 9.56. The fourth-order valence-electron chi connectivity index (χ4n) is 2.40. The number of nitrogens with one attached hydrogen (secondary N) is 1. The molecular weight excluding hydrogens is 292 g/mol. The minimum Gasteiger partial charge on any atom is -0.397 e. The van der Waals surface area contributed by atoms with Crippen molar-refractivity contribution in [2.75, 3.05) is 16.8 Å². The maximum Gasteiger partial charge on any atom is 0.237 e. The highest BCUT2D eigenvalue weighted by atomic mass is 35.5. The number of hydrogen-bond acceptors (Lipinski definition) is 3. The van der Waals surface area contributed by atoms with Gasteiger partial charge in [0.05, 0.1) is 16.0 Å². The second-order valence-electron chi connectivity index (χ2n) is 5.35. The Hall–Kier alpha value is -0.870. The Morgan fingerprint density at radius 2 is 2.20 bits per heavy atom. The van der Waals surface area contributed by atoms with Crippen LogP contribution in [0.15, 0.2) is 18.2 Å². The topological polar surface area (TPSA) is 55.1 Å². The number of rotatable bonds is 5. The van der Waals surface area contributed by atoms with Gasteiger partial charge in [-0.15, -0.1) is 11.8 Å². The molecule has 0 aromatic heterocycles. The third kappa shape index (κ3) is 4.32. The van der Waals surface area contributed by atoms with Crippen molar-refractivity contribution in [3.63, 3.8) is 0 Å². The molecule has 1 atom stereocenters. The van der Waals surface area contributed by atoms with Crippen LogP contribution >= 0.6 is 23.4 Å². The van der Waals surface area contributed by atoms with Crippen LogP contribution in [-0.2, 0) is 4.79 Å². The van der Waals surface area contributed by atoms with E-state index in [1.165, 1.54) is 25.7 Å². The van der Waals surface area contributed by atoms with E-state index in [2.05, 4.69) is 5.32 Å². The Morgan fingerprint density at radius 3 is 2.85 bits per heavy atom. The van der Waals surface area contributed by atoms with Crippen molar-refractivity contribution in [3.8, 4) is 0 Å². The third-order valence-electron chi connectivity index (χ3n) is 3.69. The summed E-state index contributed by atoms with van der Waals surface area (Å²) in [6.07, 6.45) is 5.32. The fourth-order valence-corrected chi connectivity index (χ4v) is 3.62. The van der Waals surface area contributed by atoms with E-state index < -0.39 is 0 Å². The van der Waals surface area contributed by atoms with E-state index in [0.29, 0.717) is 16.4 Å². The summed E-state index contributed by atoms with van der Waals surface area (Å²) in [7, 11) is 0. The molecule has 3 N–H and O–H groups in total. The van der Waals surface area contributed by atoms with Crippen LogP contribution in [0, 0.1) is 5.92 Å². The largest absolute Gasteiger partial charge is 0.397 e. The molecule has 110 valence electrons. The molecule has 1 saturated carbocycles. The number of halogens is 1. The number of carbonyl (C=O) groups is 1. The van der Waals surface area contributed by atoms with Crippen molar-refractivity contribution in [1.29, 1.82) is 0 Å². The number of carbonyl (C=O) groups excluding carboxylic acids is 1. The molecule has 1 unspecified atom stereocenters. The Labute approximate surface area is 129 Å². The van der Waals surface area contributed by atoms with Crippen molar-refractivity contribution in [1.82, 2.24) is 0 Å². The number of nitrogen functional groups attached to an aromatic ring is 1. The molecule has 1 aromatic rings. The van der Waals surface area contributed by atoms with Gasteiger partial charge in [-0.3, -0.25) is 4.79 Å². The Balaban J connectivity index is 1.81. The van der Waals surface area contributed by atoms with Gasteiger partial charge in [-0.2, -0.15) is 0 Å². The lowest BCUT2D eigenvalue weighted by Crippen LogP contribution is -2.23. The molecule has 0 saturated heterocycles. The maximum atomic E-state index is 12.1. The summed E-state index contributed by atoms with van der Waals surface area (Å²) in [4.78, 5) is 12.1. The molecule has 0 heterocycles. The molecule has 1 aliphatic rings. The van der Waals surface area contributed by atoms with Crippen LogP contribution in [0.1, 0.15) is 32.6 Å². The first-order valence-corrected chi connectivity index (χ1v) is 8.46. The fraction of sp³-hybridized carbons (Fsp3) is 0.533. The molecule has 1 aromatic carbocycles. The molecule has 1 amide bonds. The van der Waals surface area contributed by atoms with Crippen LogP contribution < -0.4 is 11.1 Å². The van der Waals surface area contributed by atoms with Gasteiger partial charge in [-0.05, 0) is 49.6 Å². The van der Waals surface area contributed by atoms with E-state index in [9.17, 15) is 4.79 Å². The van der Waals surface area contributed by atoms with Gasteiger partial charge in [0.15, 0.2) is 0 Å². The highest BCUT2D eigenvalue weighted by Gasteiger charge is 2.19. The zero-order valence-electron chi connectivity index (χ0n) is 11.7. The van der Waals surface area contributed by atoms with E-state index in [0.717, 1.165) is 11.7 Å². The molecule has 0 aliphatic heterocycles. The molecule has 2 rings (SSSR count). The van der Waals surface area contributed by atoms with Crippen LogP contribution in [0.3, 0.4) is 0 Å². The summed E-state index contributed by atoms with van der Waals surface area (Å²) in [5.74, 6) is 1.90. The molecule has 5 heteroatoms. The molecule has 1 fully saturated rings. The van der Waals surface area contributed by atoms with Crippen molar-refractivity contribution in [2.24, 2.45) is 5.92 Å². The molecule has 0 bridgehead atoms. The van der Waals surface area contributed by atoms with E-state index in [1.807, 2.05) is 6.92 Å². The van der Waals surface area contributed by atoms with Gasteiger partial charge < -0.3 is 11.1 Å². The number of hydrogen-bond donors (Lipinski definition) is 2. The first kappa shape index (κ1) is 15.5. The Kier molecular flexibility index (Phi) is 5.61. The highest BCUT2D eigenvalue weighted by Crippen LogP contribution is 2.29. The second-order valence-corrected chi connectivity index (χ2v) is 7.13.